The second-order valence-corrected chi connectivity index (χ2v) is 4.00. The summed E-state index contributed by atoms with van der Waals surface area (Å²) >= 11 is 2.10. The molecule has 0 radical (unpaired) electrons. The van der Waals surface area contributed by atoms with Crippen LogP contribution < -0.4 is 0 Å². The second-order valence-electron chi connectivity index (χ2n) is 2.85. The average molecular weight is 144 g/mol. The zero-order valence-electron chi connectivity index (χ0n) is 5.51. The van der Waals surface area contributed by atoms with E-state index in [9.17, 15) is 0 Å². The maximum atomic E-state index is 5.40. The van der Waals surface area contributed by atoms with Gasteiger partial charge in [0.05, 0.1) is 12.7 Å². The molecule has 0 saturated carbocycles. The number of thioether (sulfide) groups is 1. The molecule has 0 aromatic rings. The van der Waals surface area contributed by atoms with Gasteiger partial charge in [0.25, 0.3) is 0 Å². The van der Waals surface area contributed by atoms with Gasteiger partial charge >= 0.3 is 0 Å². The molecule has 9 heavy (non-hydrogen) atoms. The van der Waals surface area contributed by atoms with Gasteiger partial charge in [0.15, 0.2) is 0 Å². The Morgan fingerprint density at radius 3 is 3.22 bits per heavy atom. The molecule has 2 aliphatic heterocycles. The highest BCUT2D eigenvalue weighted by Gasteiger charge is 2.32. The first kappa shape index (κ1) is 6.05. The predicted octanol–water partition coefficient (Wildman–Crippen LogP) is 1.53. The summed E-state index contributed by atoms with van der Waals surface area (Å²) in [7, 11) is 0. The Kier molecular flexibility index (Phi) is 1.68. The van der Waals surface area contributed by atoms with Crippen molar-refractivity contribution in [1.29, 1.82) is 0 Å². The molecule has 2 aliphatic rings. The molecule has 0 bridgehead atoms. The topological polar surface area (TPSA) is 9.23 Å². The molecule has 0 spiro atoms. The SMILES string of the molecule is C1CSCC2COC2C1. The first-order valence-electron chi connectivity index (χ1n) is 3.66. The normalized spacial score (nSPS) is 42.7. The van der Waals surface area contributed by atoms with E-state index in [1.165, 1.54) is 24.3 Å². The average Bonchev–Trinajstić information content (AvgIpc) is 1.94. The molecule has 2 atom stereocenters. The van der Waals surface area contributed by atoms with E-state index in [-0.39, 0.29) is 0 Å². The summed E-state index contributed by atoms with van der Waals surface area (Å²) in [6.45, 7) is 1.04. The van der Waals surface area contributed by atoms with Crippen LogP contribution in [0.2, 0.25) is 0 Å². The van der Waals surface area contributed by atoms with E-state index >= 15 is 0 Å². The highest BCUT2D eigenvalue weighted by molar-refractivity contribution is 7.99. The Labute approximate surface area is 60.2 Å². The van der Waals surface area contributed by atoms with Gasteiger partial charge in [0, 0.05) is 11.7 Å². The molecule has 2 fully saturated rings. The van der Waals surface area contributed by atoms with Crippen LogP contribution in [0.5, 0.6) is 0 Å². The smallest absolute Gasteiger partial charge is 0.0633 e. The molecule has 0 aromatic carbocycles. The van der Waals surface area contributed by atoms with Crippen molar-refractivity contribution < 1.29 is 4.74 Å². The Bertz CT molecular complexity index is 93.1. The van der Waals surface area contributed by atoms with Gasteiger partial charge < -0.3 is 4.74 Å². The van der Waals surface area contributed by atoms with Gasteiger partial charge in [0.1, 0.15) is 0 Å². The van der Waals surface area contributed by atoms with Gasteiger partial charge in [-0.1, -0.05) is 0 Å². The van der Waals surface area contributed by atoms with Crippen LogP contribution in [-0.2, 0) is 4.74 Å². The summed E-state index contributed by atoms with van der Waals surface area (Å²) < 4.78 is 5.40. The number of hydrogen-bond acceptors (Lipinski definition) is 2. The predicted molar refractivity (Wildman–Crippen MR) is 39.8 cm³/mol. The first-order chi connectivity index (χ1) is 4.47. The van der Waals surface area contributed by atoms with Gasteiger partial charge in [-0.2, -0.15) is 11.8 Å². The van der Waals surface area contributed by atoms with Crippen molar-refractivity contribution in [2.24, 2.45) is 5.92 Å². The standard InChI is InChI=1S/C7H12OS/c1-2-7-6(4-8-7)5-9-3-1/h6-7H,1-5H2. The molecule has 2 heterocycles. The zero-order chi connectivity index (χ0) is 6.10. The number of fused-ring (bicyclic) bond motifs is 1. The first-order valence-corrected chi connectivity index (χ1v) is 4.81. The van der Waals surface area contributed by atoms with Crippen LogP contribution >= 0.6 is 11.8 Å². The van der Waals surface area contributed by atoms with Crippen LogP contribution in [0.25, 0.3) is 0 Å². The van der Waals surface area contributed by atoms with Crippen molar-refractivity contribution in [3.8, 4) is 0 Å². The molecule has 1 nitrogen and oxygen atoms in total. The highest BCUT2D eigenvalue weighted by atomic mass is 32.2. The van der Waals surface area contributed by atoms with Gasteiger partial charge in [0.2, 0.25) is 0 Å². The van der Waals surface area contributed by atoms with Crippen molar-refractivity contribution in [1.82, 2.24) is 0 Å². The maximum Gasteiger partial charge on any atom is 0.0633 e. The van der Waals surface area contributed by atoms with Crippen molar-refractivity contribution in [2.45, 2.75) is 18.9 Å². The van der Waals surface area contributed by atoms with E-state index in [0.29, 0.717) is 6.10 Å². The van der Waals surface area contributed by atoms with Crippen molar-refractivity contribution in [3.05, 3.63) is 0 Å². The maximum absolute atomic E-state index is 5.40. The molecule has 0 amide bonds. The molecule has 2 saturated heterocycles. The van der Waals surface area contributed by atoms with Crippen LogP contribution in [-0.4, -0.2) is 24.2 Å². The fourth-order valence-corrected chi connectivity index (χ4v) is 2.62. The zero-order valence-corrected chi connectivity index (χ0v) is 6.32. The summed E-state index contributed by atoms with van der Waals surface area (Å²) in [6, 6.07) is 0. The summed E-state index contributed by atoms with van der Waals surface area (Å²) in [5.41, 5.74) is 0. The number of hydrogen-bond donors (Lipinski definition) is 0. The third kappa shape index (κ3) is 1.10. The minimum atomic E-state index is 0.653. The third-order valence-electron chi connectivity index (χ3n) is 2.16. The van der Waals surface area contributed by atoms with Gasteiger partial charge in [-0.25, -0.2) is 0 Å². The lowest BCUT2D eigenvalue weighted by Crippen LogP contribution is -2.40. The molecular weight excluding hydrogens is 132 g/mol. The Hall–Kier alpha value is 0.310. The van der Waals surface area contributed by atoms with Gasteiger partial charge in [-0.05, 0) is 18.6 Å². The van der Waals surface area contributed by atoms with E-state index in [2.05, 4.69) is 11.8 Å². The lowest BCUT2D eigenvalue weighted by atomic mass is 9.96. The Morgan fingerprint density at radius 2 is 2.44 bits per heavy atom. The molecular formula is C7H12OS. The summed E-state index contributed by atoms with van der Waals surface area (Å²) in [5.74, 6) is 3.62. The summed E-state index contributed by atoms with van der Waals surface area (Å²) in [4.78, 5) is 0. The fourth-order valence-electron chi connectivity index (χ4n) is 1.46. The minimum absolute atomic E-state index is 0.653. The van der Waals surface area contributed by atoms with Crippen molar-refractivity contribution in [3.63, 3.8) is 0 Å². The summed E-state index contributed by atoms with van der Waals surface area (Å²) in [5, 5.41) is 0. The molecule has 2 heteroatoms. The fraction of sp³-hybridized carbons (Fsp3) is 1.00. The van der Waals surface area contributed by atoms with Crippen LogP contribution in [0.3, 0.4) is 0 Å². The van der Waals surface area contributed by atoms with E-state index in [1.54, 1.807) is 0 Å². The van der Waals surface area contributed by atoms with Crippen LogP contribution in [0.1, 0.15) is 12.8 Å². The monoisotopic (exact) mass is 144 g/mol. The highest BCUT2D eigenvalue weighted by Crippen LogP contribution is 2.31. The molecule has 0 aliphatic carbocycles. The quantitative estimate of drug-likeness (QED) is 0.510. The molecule has 52 valence electrons. The number of ether oxygens (including phenoxy) is 1. The van der Waals surface area contributed by atoms with E-state index in [0.717, 1.165) is 12.5 Å². The van der Waals surface area contributed by atoms with Crippen LogP contribution in [0.4, 0.5) is 0 Å². The number of rotatable bonds is 0. The van der Waals surface area contributed by atoms with Gasteiger partial charge in [-0.3, -0.25) is 0 Å². The molecule has 0 aromatic heterocycles. The third-order valence-corrected chi connectivity index (χ3v) is 3.40. The second kappa shape index (κ2) is 2.51. The largest absolute Gasteiger partial charge is 0.377 e. The van der Waals surface area contributed by atoms with Crippen LogP contribution in [0.15, 0.2) is 0 Å². The van der Waals surface area contributed by atoms with Crippen molar-refractivity contribution >= 4 is 11.8 Å². The lowest BCUT2D eigenvalue weighted by molar-refractivity contribution is -0.106. The van der Waals surface area contributed by atoms with Crippen molar-refractivity contribution in [2.75, 3.05) is 18.1 Å². The van der Waals surface area contributed by atoms with Crippen LogP contribution in [0, 0.1) is 5.92 Å². The molecule has 2 rings (SSSR count). The lowest BCUT2D eigenvalue weighted by Gasteiger charge is -2.34. The van der Waals surface area contributed by atoms with E-state index in [1.807, 2.05) is 0 Å². The van der Waals surface area contributed by atoms with E-state index in [4.69, 9.17) is 4.74 Å². The Morgan fingerprint density at radius 1 is 1.44 bits per heavy atom. The molecule has 0 N–H and O–H groups in total. The minimum Gasteiger partial charge on any atom is -0.377 e. The Balaban J connectivity index is 1.90. The van der Waals surface area contributed by atoms with Gasteiger partial charge in [-0.15, -0.1) is 0 Å². The van der Waals surface area contributed by atoms with E-state index < -0.39 is 0 Å². The summed E-state index contributed by atoms with van der Waals surface area (Å²) in [6.07, 6.45) is 3.34. The molecule has 2 unspecified atom stereocenters.